The highest BCUT2D eigenvalue weighted by Crippen LogP contribution is 2.27. The van der Waals surface area contributed by atoms with Gasteiger partial charge in [0.2, 0.25) is 0 Å². The molecule has 1 N–H and O–H groups in total. The second kappa shape index (κ2) is 8.85. The van der Waals surface area contributed by atoms with Crippen LogP contribution in [-0.4, -0.2) is 50.8 Å². The van der Waals surface area contributed by atoms with Gasteiger partial charge in [-0.3, -0.25) is 9.69 Å². The van der Waals surface area contributed by atoms with Crippen LogP contribution in [-0.2, 0) is 4.74 Å². The molecule has 158 valence electrons. The third-order valence-corrected chi connectivity index (χ3v) is 5.55. The predicted octanol–water partition coefficient (Wildman–Crippen LogP) is 3.69. The van der Waals surface area contributed by atoms with Crippen LogP contribution in [0.15, 0.2) is 46.9 Å². The number of fused-ring (bicyclic) bond motifs is 1. The number of morpholine rings is 1. The van der Waals surface area contributed by atoms with E-state index in [9.17, 15) is 9.18 Å². The van der Waals surface area contributed by atoms with Crippen molar-refractivity contribution in [1.82, 2.24) is 10.2 Å². The summed E-state index contributed by atoms with van der Waals surface area (Å²) in [6.07, 6.45) is 0. The van der Waals surface area contributed by atoms with Gasteiger partial charge in [0.05, 0.1) is 26.4 Å². The molecule has 0 aliphatic carbocycles. The number of hydrogen-bond donors (Lipinski definition) is 1. The molecule has 1 amide bonds. The molecule has 0 spiro atoms. The molecule has 0 radical (unpaired) electrons. The summed E-state index contributed by atoms with van der Waals surface area (Å²) in [6.45, 7) is 5.08. The van der Waals surface area contributed by atoms with Crippen molar-refractivity contribution in [2.45, 2.75) is 13.0 Å². The van der Waals surface area contributed by atoms with Crippen LogP contribution in [0.25, 0.3) is 11.0 Å². The molecule has 1 fully saturated rings. The SMILES string of the molecule is COc1ccc([C@@H](CNC(=O)c2oc3ccc(F)cc3c2C)N2CCOCC2)cc1. The van der Waals surface area contributed by atoms with E-state index in [1.54, 1.807) is 20.1 Å². The number of halogens is 1. The van der Waals surface area contributed by atoms with Crippen LogP contribution < -0.4 is 10.1 Å². The van der Waals surface area contributed by atoms with Crippen molar-refractivity contribution in [2.24, 2.45) is 0 Å². The minimum absolute atomic E-state index is 0.00844. The van der Waals surface area contributed by atoms with Crippen LogP contribution in [0.2, 0.25) is 0 Å². The molecular weight excluding hydrogens is 387 g/mol. The molecular formula is C23H25FN2O4. The number of carbonyl (C=O) groups is 1. The molecule has 2 aromatic carbocycles. The maximum Gasteiger partial charge on any atom is 0.287 e. The summed E-state index contributed by atoms with van der Waals surface area (Å²) >= 11 is 0. The number of amides is 1. The Morgan fingerprint density at radius 1 is 1.20 bits per heavy atom. The van der Waals surface area contributed by atoms with Crippen LogP contribution >= 0.6 is 0 Å². The average Bonchev–Trinajstić information content (AvgIpc) is 3.11. The Kier molecular flexibility index (Phi) is 6.01. The summed E-state index contributed by atoms with van der Waals surface area (Å²) < 4.78 is 30.0. The molecule has 0 bridgehead atoms. The largest absolute Gasteiger partial charge is 0.497 e. The number of furan rings is 1. The van der Waals surface area contributed by atoms with E-state index < -0.39 is 0 Å². The number of aryl methyl sites for hydroxylation is 1. The zero-order valence-corrected chi connectivity index (χ0v) is 17.1. The third-order valence-electron chi connectivity index (χ3n) is 5.55. The second-order valence-corrected chi connectivity index (χ2v) is 7.34. The molecule has 2 heterocycles. The standard InChI is InChI=1S/C23H25FN2O4/c1-15-19-13-17(24)5-8-21(19)30-22(15)23(27)25-14-20(26-9-11-29-12-10-26)16-3-6-18(28-2)7-4-16/h3-8,13,20H,9-12,14H2,1-2H3,(H,25,27)/t20-/m1/s1. The Bertz CT molecular complexity index is 1030. The summed E-state index contributed by atoms with van der Waals surface area (Å²) in [4.78, 5) is 15.2. The molecule has 0 saturated carbocycles. The first-order valence-electron chi connectivity index (χ1n) is 9.99. The lowest BCUT2D eigenvalue weighted by Gasteiger charge is -2.35. The minimum atomic E-state index is -0.356. The predicted molar refractivity (Wildman–Crippen MR) is 111 cm³/mol. The van der Waals surface area contributed by atoms with Crippen LogP contribution in [0.1, 0.15) is 27.7 Å². The van der Waals surface area contributed by atoms with Gasteiger partial charge < -0.3 is 19.2 Å². The number of hydrogen-bond acceptors (Lipinski definition) is 5. The summed E-state index contributed by atoms with van der Waals surface area (Å²) in [5.41, 5.74) is 2.22. The lowest BCUT2D eigenvalue weighted by molar-refractivity contribution is 0.0161. The number of nitrogens with zero attached hydrogens (tertiary/aromatic N) is 1. The number of carbonyl (C=O) groups excluding carboxylic acids is 1. The topological polar surface area (TPSA) is 63.9 Å². The Labute approximate surface area is 174 Å². The van der Waals surface area contributed by atoms with Gasteiger partial charge in [-0.1, -0.05) is 12.1 Å². The van der Waals surface area contributed by atoms with Crippen LogP contribution in [0, 0.1) is 12.7 Å². The van der Waals surface area contributed by atoms with Crippen LogP contribution in [0.4, 0.5) is 4.39 Å². The van der Waals surface area contributed by atoms with E-state index in [1.807, 2.05) is 24.3 Å². The number of ether oxygens (including phenoxy) is 2. The molecule has 4 rings (SSSR count). The van der Waals surface area contributed by atoms with E-state index in [2.05, 4.69) is 10.2 Å². The highest BCUT2D eigenvalue weighted by Gasteiger charge is 2.25. The highest BCUT2D eigenvalue weighted by molar-refractivity contribution is 5.98. The van der Waals surface area contributed by atoms with Crippen molar-refractivity contribution in [3.05, 3.63) is 65.2 Å². The van der Waals surface area contributed by atoms with Crippen molar-refractivity contribution >= 4 is 16.9 Å². The fraction of sp³-hybridized carbons (Fsp3) is 0.348. The Hall–Kier alpha value is -2.90. The molecule has 6 nitrogen and oxygen atoms in total. The second-order valence-electron chi connectivity index (χ2n) is 7.34. The van der Waals surface area contributed by atoms with Gasteiger partial charge in [0.15, 0.2) is 5.76 Å². The monoisotopic (exact) mass is 412 g/mol. The molecule has 1 saturated heterocycles. The Morgan fingerprint density at radius 3 is 2.63 bits per heavy atom. The van der Waals surface area contributed by atoms with Crippen molar-refractivity contribution in [1.29, 1.82) is 0 Å². The van der Waals surface area contributed by atoms with E-state index >= 15 is 0 Å². The van der Waals surface area contributed by atoms with Gasteiger partial charge >= 0.3 is 0 Å². The summed E-state index contributed by atoms with van der Waals surface area (Å²) in [5, 5.41) is 3.61. The van der Waals surface area contributed by atoms with Crippen LogP contribution in [0.3, 0.4) is 0 Å². The van der Waals surface area contributed by atoms with Crippen molar-refractivity contribution in [2.75, 3.05) is 40.0 Å². The first-order valence-corrected chi connectivity index (χ1v) is 9.99. The van der Waals surface area contributed by atoms with Gasteiger partial charge in [-0.25, -0.2) is 4.39 Å². The maximum atomic E-state index is 13.6. The first kappa shape index (κ1) is 20.4. The van der Waals surface area contributed by atoms with Gasteiger partial charge in [0, 0.05) is 30.6 Å². The first-order chi connectivity index (χ1) is 14.6. The molecule has 30 heavy (non-hydrogen) atoms. The molecule has 7 heteroatoms. The fourth-order valence-electron chi connectivity index (χ4n) is 3.85. The minimum Gasteiger partial charge on any atom is -0.497 e. The van der Waals surface area contributed by atoms with Gasteiger partial charge in [-0.15, -0.1) is 0 Å². The number of nitrogens with one attached hydrogen (secondary N) is 1. The zero-order chi connectivity index (χ0) is 21.1. The van der Waals surface area contributed by atoms with Crippen molar-refractivity contribution < 1.29 is 23.1 Å². The molecule has 0 unspecified atom stereocenters. The Morgan fingerprint density at radius 2 is 1.93 bits per heavy atom. The summed E-state index contributed by atoms with van der Waals surface area (Å²) in [6, 6.07) is 12.1. The van der Waals surface area contributed by atoms with E-state index in [0.717, 1.165) is 24.4 Å². The molecule has 1 aliphatic heterocycles. The third kappa shape index (κ3) is 4.17. The van der Waals surface area contributed by atoms with E-state index in [-0.39, 0.29) is 23.5 Å². The molecule has 1 atom stereocenters. The van der Waals surface area contributed by atoms with E-state index in [1.165, 1.54) is 12.1 Å². The van der Waals surface area contributed by atoms with E-state index in [0.29, 0.717) is 36.3 Å². The molecule has 3 aromatic rings. The molecule has 1 aliphatic rings. The quantitative estimate of drug-likeness (QED) is 0.669. The van der Waals surface area contributed by atoms with Gasteiger partial charge in [-0.2, -0.15) is 0 Å². The number of benzene rings is 2. The smallest absolute Gasteiger partial charge is 0.287 e. The van der Waals surface area contributed by atoms with Gasteiger partial charge in [-0.05, 0) is 42.8 Å². The van der Waals surface area contributed by atoms with Crippen molar-refractivity contribution in [3.8, 4) is 5.75 Å². The number of rotatable bonds is 6. The molecule has 1 aromatic heterocycles. The Balaban J connectivity index is 1.54. The van der Waals surface area contributed by atoms with Crippen LogP contribution in [0.5, 0.6) is 5.75 Å². The van der Waals surface area contributed by atoms with E-state index in [4.69, 9.17) is 13.9 Å². The zero-order valence-electron chi connectivity index (χ0n) is 17.1. The fourth-order valence-corrected chi connectivity index (χ4v) is 3.85. The average molecular weight is 412 g/mol. The highest BCUT2D eigenvalue weighted by atomic mass is 19.1. The number of methoxy groups -OCH3 is 1. The van der Waals surface area contributed by atoms with Gasteiger partial charge in [0.1, 0.15) is 17.1 Å². The maximum absolute atomic E-state index is 13.6. The lowest BCUT2D eigenvalue weighted by atomic mass is 10.0. The summed E-state index contributed by atoms with van der Waals surface area (Å²) in [7, 11) is 1.64. The lowest BCUT2D eigenvalue weighted by Crippen LogP contribution is -2.43. The van der Waals surface area contributed by atoms with Gasteiger partial charge in [0.25, 0.3) is 5.91 Å². The normalized spacial score (nSPS) is 15.8. The van der Waals surface area contributed by atoms with Crippen molar-refractivity contribution in [3.63, 3.8) is 0 Å². The summed E-state index contributed by atoms with van der Waals surface area (Å²) in [5.74, 6) is 0.334.